The van der Waals surface area contributed by atoms with E-state index in [1.807, 2.05) is 59.9 Å². The third-order valence-electron chi connectivity index (χ3n) is 3.13. The third kappa shape index (κ3) is 3.75. The predicted octanol–water partition coefficient (Wildman–Crippen LogP) is 3.44. The highest BCUT2D eigenvalue weighted by Gasteiger charge is 2.14. The van der Waals surface area contributed by atoms with Gasteiger partial charge in [-0.2, -0.15) is 0 Å². The number of hydrogen-bond acceptors (Lipinski definition) is 1. The zero-order valence-corrected chi connectivity index (χ0v) is 12.1. The van der Waals surface area contributed by atoms with E-state index in [-0.39, 0.29) is 0 Å². The Morgan fingerprint density at radius 3 is 2.11 bits per heavy atom. The average Bonchev–Trinajstić information content (AvgIpc) is 2.48. The Labute approximate surface area is 117 Å². The van der Waals surface area contributed by atoms with Gasteiger partial charge in [-0.1, -0.05) is 55.5 Å². The summed E-state index contributed by atoms with van der Waals surface area (Å²) >= 11 is 0. The van der Waals surface area contributed by atoms with Crippen LogP contribution in [-0.4, -0.2) is 22.1 Å². The Morgan fingerprint density at radius 2 is 1.53 bits per heavy atom. The topological polar surface area (TPSA) is 20.3 Å². The van der Waals surface area contributed by atoms with Gasteiger partial charge in [0.05, 0.1) is 4.90 Å². The minimum absolute atomic E-state index is 0.360. The summed E-state index contributed by atoms with van der Waals surface area (Å²) in [5.74, 6) is 0.360. The van der Waals surface area contributed by atoms with Crippen molar-refractivity contribution in [3.05, 3.63) is 66.2 Å². The summed E-state index contributed by atoms with van der Waals surface area (Å²) in [5.41, 5.74) is 1.28. The van der Waals surface area contributed by atoms with E-state index in [9.17, 15) is 4.21 Å². The van der Waals surface area contributed by atoms with Gasteiger partial charge in [-0.25, -0.2) is 8.51 Å². The van der Waals surface area contributed by atoms with Crippen molar-refractivity contribution in [3.63, 3.8) is 0 Å². The monoisotopic (exact) mass is 273 g/mol. The molecule has 2 unspecified atom stereocenters. The van der Waals surface area contributed by atoms with Gasteiger partial charge in [-0.05, 0) is 23.6 Å². The molecule has 0 amide bonds. The van der Waals surface area contributed by atoms with Gasteiger partial charge in [-0.15, -0.1) is 0 Å². The van der Waals surface area contributed by atoms with Crippen LogP contribution in [0.15, 0.2) is 65.6 Å². The van der Waals surface area contributed by atoms with Gasteiger partial charge in [-0.3, -0.25) is 0 Å². The first-order chi connectivity index (χ1) is 9.18. The van der Waals surface area contributed by atoms with Crippen molar-refractivity contribution in [1.82, 2.24) is 4.31 Å². The maximum absolute atomic E-state index is 12.3. The van der Waals surface area contributed by atoms with Gasteiger partial charge in [0.25, 0.3) is 0 Å². The molecule has 2 atom stereocenters. The lowest BCUT2D eigenvalue weighted by atomic mass is 10.0. The lowest BCUT2D eigenvalue weighted by Crippen LogP contribution is -2.25. The van der Waals surface area contributed by atoms with Gasteiger partial charge in [0.1, 0.15) is 11.0 Å². The molecule has 19 heavy (non-hydrogen) atoms. The minimum atomic E-state index is -1.09. The number of hydrogen-bond donors (Lipinski definition) is 0. The zero-order valence-electron chi connectivity index (χ0n) is 11.3. The lowest BCUT2D eigenvalue weighted by Gasteiger charge is -2.20. The summed E-state index contributed by atoms with van der Waals surface area (Å²) in [4.78, 5) is 0.852. The van der Waals surface area contributed by atoms with Crippen molar-refractivity contribution in [2.75, 3.05) is 13.6 Å². The van der Waals surface area contributed by atoms with Gasteiger partial charge < -0.3 is 0 Å². The van der Waals surface area contributed by atoms with Crippen LogP contribution in [-0.2, 0) is 11.0 Å². The number of likely N-dealkylation sites (N-methyl/N-ethyl adjacent to an activating group) is 1. The van der Waals surface area contributed by atoms with E-state index >= 15 is 0 Å². The SMILES string of the molecule is CC(CN(C)S(=O)c1ccccc1)c1ccccc1. The maximum atomic E-state index is 12.3. The molecule has 0 aliphatic rings. The van der Waals surface area contributed by atoms with Crippen molar-refractivity contribution in [3.8, 4) is 0 Å². The Balaban J connectivity index is 2.02. The van der Waals surface area contributed by atoms with Crippen LogP contribution >= 0.6 is 0 Å². The van der Waals surface area contributed by atoms with Crippen LogP contribution in [0.1, 0.15) is 18.4 Å². The molecule has 0 saturated carbocycles. The van der Waals surface area contributed by atoms with E-state index < -0.39 is 11.0 Å². The largest absolute Gasteiger partial charge is 0.237 e. The van der Waals surface area contributed by atoms with Crippen LogP contribution in [0.4, 0.5) is 0 Å². The first-order valence-corrected chi connectivity index (χ1v) is 7.52. The van der Waals surface area contributed by atoms with Gasteiger partial charge >= 0.3 is 0 Å². The van der Waals surface area contributed by atoms with Gasteiger partial charge in [0.15, 0.2) is 0 Å². The molecule has 3 heteroatoms. The van der Waals surface area contributed by atoms with Crippen molar-refractivity contribution in [1.29, 1.82) is 0 Å². The van der Waals surface area contributed by atoms with Crippen molar-refractivity contribution in [2.45, 2.75) is 17.7 Å². The van der Waals surface area contributed by atoms with Gasteiger partial charge in [0.2, 0.25) is 0 Å². The van der Waals surface area contributed by atoms with E-state index in [1.165, 1.54) is 5.56 Å². The summed E-state index contributed by atoms with van der Waals surface area (Å²) in [5, 5.41) is 0. The van der Waals surface area contributed by atoms with E-state index in [0.29, 0.717) is 5.92 Å². The molecule has 100 valence electrons. The summed E-state index contributed by atoms with van der Waals surface area (Å²) in [6.07, 6.45) is 0. The highest BCUT2D eigenvalue weighted by Crippen LogP contribution is 2.18. The van der Waals surface area contributed by atoms with E-state index in [1.54, 1.807) is 0 Å². The molecular weight excluding hydrogens is 254 g/mol. The van der Waals surface area contributed by atoms with E-state index in [4.69, 9.17) is 0 Å². The molecule has 0 radical (unpaired) electrons. The normalized spacial score (nSPS) is 14.3. The molecule has 2 aromatic carbocycles. The summed E-state index contributed by atoms with van der Waals surface area (Å²) in [6.45, 7) is 2.93. The second-order valence-corrected chi connectivity index (χ2v) is 6.28. The number of rotatable bonds is 5. The first kappa shape index (κ1) is 14.0. The van der Waals surface area contributed by atoms with Crippen molar-refractivity contribution < 1.29 is 4.21 Å². The molecule has 2 nitrogen and oxygen atoms in total. The second kappa shape index (κ2) is 6.64. The van der Waals surface area contributed by atoms with Crippen LogP contribution in [0.3, 0.4) is 0 Å². The quantitative estimate of drug-likeness (QED) is 0.817. The van der Waals surface area contributed by atoms with E-state index in [2.05, 4.69) is 19.1 Å². The molecular formula is C16H19NOS. The Kier molecular flexibility index (Phi) is 4.88. The maximum Gasteiger partial charge on any atom is 0.127 e. The predicted molar refractivity (Wildman–Crippen MR) is 80.3 cm³/mol. The Morgan fingerprint density at radius 1 is 1.00 bits per heavy atom. The third-order valence-corrected chi connectivity index (χ3v) is 4.52. The standard InChI is InChI=1S/C16H19NOS/c1-14(15-9-5-3-6-10-15)13-17(2)19(18)16-11-7-4-8-12-16/h3-12,14H,13H2,1-2H3. The minimum Gasteiger partial charge on any atom is -0.237 e. The fourth-order valence-corrected chi connectivity index (χ4v) is 3.17. The molecule has 0 saturated heterocycles. The van der Waals surface area contributed by atoms with Crippen LogP contribution in [0.25, 0.3) is 0 Å². The molecule has 0 N–H and O–H groups in total. The van der Waals surface area contributed by atoms with Crippen molar-refractivity contribution >= 4 is 11.0 Å². The Bertz CT molecular complexity index is 527. The van der Waals surface area contributed by atoms with Crippen molar-refractivity contribution in [2.24, 2.45) is 0 Å². The molecule has 0 heterocycles. The highest BCUT2D eigenvalue weighted by molar-refractivity contribution is 7.82. The van der Waals surface area contributed by atoms with Crippen LogP contribution in [0, 0.1) is 0 Å². The van der Waals surface area contributed by atoms with Crippen LogP contribution < -0.4 is 0 Å². The molecule has 0 bridgehead atoms. The molecule has 0 spiro atoms. The lowest BCUT2D eigenvalue weighted by molar-refractivity contribution is 0.485. The smallest absolute Gasteiger partial charge is 0.127 e. The van der Waals surface area contributed by atoms with Crippen LogP contribution in [0.5, 0.6) is 0 Å². The first-order valence-electron chi connectivity index (χ1n) is 6.41. The van der Waals surface area contributed by atoms with Crippen LogP contribution in [0.2, 0.25) is 0 Å². The summed E-state index contributed by atoms with van der Waals surface area (Å²) < 4.78 is 14.2. The average molecular weight is 273 g/mol. The number of nitrogens with zero attached hydrogens (tertiary/aromatic N) is 1. The molecule has 0 aliphatic heterocycles. The fourth-order valence-electron chi connectivity index (χ4n) is 2.06. The summed E-state index contributed by atoms with van der Waals surface area (Å²) in [7, 11) is 0.816. The zero-order chi connectivity index (χ0) is 13.7. The molecule has 0 fully saturated rings. The highest BCUT2D eigenvalue weighted by atomic mass is 32.2. The molecule has 0 aliphatic carbocycles. The number of benzene rings is 2. The second-order valence-electron chi connectivity index (χ2n) is 4.68. The molecule has 2 rings (SSSR count). The fraction of sp³-hybridized carbons (Fsp3) is 0.250. The van der Waals surface area contributed by atoms with Gasteiger partial charge in [0, 0.05) is 13.6 Å². The summed E-state index contributed by atoms with van der Waals surface area (Å²) in [6, 6.07) is 19.9. The van der Waals surface area contributed by atoms with E-state index in [0.717, 1.165) is 11.4 Å². The Hall–Kier alpha value is -1.45. The molecule has 0 aromatic heterocycles. The molecule has 2 aromatic rings.